The van der Waals surface area contributed by atoms with Gasteiger partial charge in [0.25, 0.3) is 0 Å². The highest BCUT2D eigenvalue weighted by Crippen LogP contribution is 2.33. The molecule has 16 heavy (non-hydrogen) atoms. The van der Waals surface area contributed by atoms with E-state index in [1.807, 2.05) is 0 Å². The predicted molar refractivity (Wildman–Crippen MR) is 66.6 cm³/mol. The fourth-order valence-corrected chi connectivity index (χ4v) is 3.69. The van der Waals surface area contributed by atoms with E-state index >= 15 is 0 Å². The minimum atomic E-state index is 0.897. The van der Waals surface area contributed by atoms with Crippen molar-refractivity contribution in [2.45, 2.75) is 38.3 Å². The van der Waals surface area contributed by atoms with E-state index in [-0.39, 0.29) is 0 Å². The quantitative estimate of drug-likeness (QED) is 0.762. The molecule has 4 heterocycles. The van der Waals surface area contributed by atoms with Gasteiger partial charge in [0.1, 0.15) is 0 Å². The fourth-order valence-electron chi connectivity index (χ4n) is 3.69. The molecule has 2 unspecified atom stereocenters. The van der Waals surface area contributed by atoms with Gasteiger partial charge in [-0.1, -0.05) is 6.92 Å². The zero-order valence-corrected chi connectivity index (χ0v) is 10.5. The molecule has 3 heteroatoms. The number of fused-ring (bicyclic) bond motifs is 2. The van der Waals surface area contributed by atoms with Crippen molar-refractivity contribution < 1.29 is 0 Å². The third-order valence-electron chi connectivity index (χ3n) is 4.80. The number of hydrogen-bond donors (Lipinski definition) is 1. The van der Waals surface area contributed by atoms with Crippen molar-refractivity contribution in [2.24, 2.45) is 5.92 Å². The second-order valence-corrected chi connectivity index (χ2v) is 5.79. The summed E-state index contributed by atoms with van der Waals surface area (Å²) in [4.78, 5) is 5.43. The zero-order chi connectivity index (χ0) is 11.0. The van der Waals surface area contributed by atoms with Crippen LogP contribution in [0.15, 0.2) is 0 Å². The van der Waals surface area contributed by atoms with Gasteiger partial charge in [0.05, 0.1) is 0 Å². The van der Waals surface area contributed by atoms with Gasteiger partial charge in [-0.25, -0.2) is 0 Å². The third kappa shape index (κ3) is 2.01. The van der Waals surface area contributed by atoms with Crippen LogP contribution in [0.4, 0.5) is 0 Å². The molecule has 2 atom stereocenters. The monoisotopic (exact) mass is 223 g/mol. The Kier molecular flexibility index (Phi) is 3.18. The molecule has 4 aliphatic heterocycles. The molecule has 2 bridgehead atoms. The highest BCUT2D eigenvalue weighted by atomic mass is 15.4. The van der Waals surface area contributed by atoms with Crippen LogP contribution in [0.25, 0.3) is 0 Å². The van der Waals surface area contributed by atoms with Crippen LogP contribution in [0.2, 0.25) is 0 Å². The number of rotatable bonds is 3. The van der Waals surface area contributed by atoms with Crippen LogP contribution in [0.3, 0.4) is 0 Å². The average molecular weight is 223 g/mol. The highest BCUT2D eigenvalue weighted by molar-refractivity contribution is 5.01. The Morgan fingerprint density at radius 3 is 2.44 bits per heavy atom. The molecule has 0 aromatic heterocycles. The summed E-state index contributed by atoms with van der Waals surface area (Å²) in [5.74, 6) is 0.972. The molecule has 92 valence electrons. The van der Waals surface area contributed by atoms with Crippen LogP contribution in [-0.2, 0) is 0 Å². The van der Waals surface area contributed by atoms with E-state index in [4.69, 9.17) is 0 Å². The minimum absolute atomic E-state index is 0.897. The van der Waals surface area contributed by atoms with Crippen molar-refractivity contribution in [3.63, 3.8) is 0 Å². The van der Waals surface area contributed by atoms with Crippen LogP contribution in [0.1, 0.15) is 26.2 Å². The molecule has 4 aliphatic rings. The molecule has 4 fully saturated rings. The van der Waals surface area contributed by atoms with Crippen LogP contribution < -0.4 is 5.32 Å². The Labute approximate surface area is 99.2 Å². The molecule has 4 saturated heterocycles. The molecular weight excluding hydrogens is 198 g/mol. The smallest absolute Gasteiger partial charge is 0.0242 e. The van der Waals surface area contributed by atoms with Crippen molar-refractivity contribution in [3.8, 4) is 0 Å². The average Bonchev–Trinajstić information content (AvgIpc) is 2.37. The Morgan fingerprint density at radius 1 is 1.12 bits per heavy atom. The van der Waals surface area contributed by atoms with Crippen molar-refractivity contribution in [3.05, 3.63) is 0 Å². The first-order valence-electron chi connectivity index (χ1n) is 7.05. The normalized spacial score (nSPS) is 37.3. The molecule has 0 spiro atoms. The molecular formula is C13H25N3. The van der Waals surface area contributed by atoms with E-state index in [1.54, 1.807) is 0 Å². The Morgan fingerprint density at radius 2 is 1.81 bits per heavy atom. The second kappa shape index (κ2) is 4.63. The summed E-state index contributed by atoms with van der Waals surface area (Å²) in [6.07, 6.45) is 4.27. The number of nitrogens with one attached hydrogen (secondary N) is 1. The van der Waals surface area contributed by atoms with Gasteiger partial charge in [-0.3, -0.25) is 4.90 Å². The molecule has 0 amide bonds. The largest absolute Gasteiger partial charge is 0.317 e. The lowest BCUT2D eigenvalue weighted by Crippen LogP contribution is -2.69. The Bertz CT molecular complexity index is 225. The van der Waals surface area contributed by atoms with Crippen molar-refractivity contribution >= 4 is 0 Å². The van der Waals surface area contributed by atoms with E-state index in [2.05, 4.69) is 22.0 Å². The first kappa shape index (κ1) is 11.0. The van der Waals surface area contributed by atoms with Gasteiger partial charge >= 0.3 is 0 Å². The molecule has 1 N–H and O–H groups in total. The maximum atomic E-state index is 3.46. The number of piperazine rings is 1. The van der Waals surface area contributed by atoms with Gasteiger partial charge in [-0.05, 0) is 44.8 Å². The van der Waals surface area contributed by atoms with Crippen LogP contribution >= 0.6 is 0 Å². The van der Waals surface area contributed by atoms with Crippen molar-refractivity contribution in [1.82, 2.24) is 15.1 Å². The van der Waals surface area contributed by atoms with Crippen LogP contribution in [0.5, 0.6) is 0 Å². The summed E-state index contributed by atoms with van der Waals surface area (Å²) in [7, 11) is 0. The maximum absolute atomic E-state index is 3.46. The SMILES string of the molecule is CCN1CC2CC(C1)N2CC1CCNCC1. The minimum Gasteiger partial charge on any atom is -0.317 e. The summed E-state index contributed by atoms with van der Waals surface area (Å²) in [6.45, 7) is 10.1. The number of nitrogens with zero attached hydrogens (tertiary/aromatic N) is 2. The zero-order valence-electron chi connectivity index (χ0n) is 10.5. The lowest BCUT2D eigenvalue weighted by molar-refractivity contribution is -0.0770. The molecule has 3 nitrogen and oxygen atoms in total. The summed E-state index contributed by atoms with van der Waals surface area (Å²) < 4.78 is 0. The lowest BCUT2D eigenvalue weighted by Gasteiger charge is -2.57. The number of piperidine rings is 2. The molecule has 0 radical (unpaired) electrons. The summed E-state index contributed by atoms with van der Waals surface area (Å²) >= 11 is 0. The van der Waals surface area contributed by atoms with Gasteiger partial charge in [0.15, 0.2) is 0 Å². The van der Waals surface area contributed by atoms with E-state index in [1.165, 1.54) is 58.5 Å². The van der Waals surface area contributed by atoms with E-state index < -0.39 is 0 Å². The van der Waals surface area contributed by atoms with Crippen LogP contribution in [0, 0.1) is 5.92 Å². The van der Waals surface area contributed by atoms with Gasteiger partial charge in [-0.15, -0.1) is 0 Å². The standard InChI is InChI=1S/C13H25N3/c1-2-15-9-12-7-13(10-15)16(12)8-11-3-5-14-6-4-11/h11-14H,2-10H2,1H3. The van der Waals surface area contributed by atoms with Crippen molar-refractivity contribution in [2.75, 3.05) is 39.3 Å². The number of likely N-dealkylation sites (N-methyl/N-ethyl adjacent to an activating group) is 1. The lowest BCUT2D eigenvalue weighted by atomic mass is 9.85. The topological polar surface area (TPSA) is 18.5 Å². The van der Waals surface area contributed by atoms with Gasteiger partial charge in [0.2, 0.25) is 0 Å². The summed E-state index contributed by atoms with van der Waals surface area (Å²) in [5.41, 5.74) is 0. The first-order chi connectivity index (χ1) is 7.86. The van der Waals surface area contributed by atoms with Gasteiger partial charge < -0.3 is 10.2 Å². The van der Waals surface area contributed by atoms with E-state index in [9.17, 15) is 0 Å². The first-order valence-corrected chi connectivity index (χ1v) is 7.05. The maximum Gasteiger partial charge on any atom is 0.0242 e. The summed E-state index contributed by atoms with van der Waals surface area (Å²) in [5, 5.41) is 3.46. The van der Waals surface area contributed by atoms with Crippen molar-refractivity contribution in [1.29, 1.82) is 0 Å². The van der Waals surface area contributed by atoms with Gasteiger partial charge in [0, 0.05) is 31.7 Å². The molecule has 0 aliphatic carbocycles. The van der Waals surface area contributed by atoms with E-state index in [0.29, 0.717) is 0 Å². The third-order valence-corrected chi connectivity index (χ3v) is 4.80. The highest BCUT2D eigenvalue weighted by Gasteiger charge is 2.44. The summed E-state index contributed by atoms with van der Waals surface area (Å²) in [6, 6.07) is 1.79. The van der Waals surface area contributed by atoms with Crippen LogP contribution in [-0.4, -0.2) is 61.2 Å². The molecule has 0 saturated carbocycles. The fraction of sp³-hybridized carbons (Fsp3) is 1.00. The Balaban J connectivity index is 1.50. The van der Waals surface area contributed by atoms with Gasteiger partial charge in [-0.2, -0.15) is 0 Å². The predicted octanol–water partition coefficient (Wildman–Crippen LogP) is 0.764. The molecule has 0 aromatic carbocycles. The van der Waals surface area contributed by atoms with E-state index in [0.717, 1.165) is 18.0 Å². The number of hydrogen-bond acceptors (Lipinski definition) is 3. The molecule has 4 rings (SSSR count). The Hall–Kier alpha value is -0.120. The molecule has 0 aromatic rings. The second-order valence-electron chi connectivity index (χ2n) is 5.79.